The summed E-state index contributed by atoms with van der Waals surface area (Å²) in [7, 11) is 0. The molecule has 3 nitrogen and oxygen atoms in total. The zero-order chi connectivity index (χ0) is 13.8. The molecule has 2 N–H and O–H groups in total. The summed E-state index contributed by atoms with van der Waals surface area (Å²) in [5.41, 5.74) is 1.95. The van der Waals surface area contributed by atoms with Crippen LogP contribution in [0.5, 0.6) is 0 Å². The first-order valence-corrected chi connectivity index (χ1v) is 7.32. The third-order valence-electron chi connectivity index (χ3n) is 3.57. The monoisotopic (exact) mass is 298 g/mol. The number of hydrogen-bond acceptors (Lipinski definition) is 2. The van der Waals surface area contributed by atoms with E-state index >= 15 is 0 Å². The molecule has 1 aliphatic heterocycles. The Morgan fingerprint density at radius 3 is 3.11 bits per heavy atom. The van der Waals surface area contributed by atoms with Crippen LogP contribution in [-0.2, 0) is 0 Å². The van der Waals surface area contributed by atoms with Crippen LogP contribution in [0.15, 0.2) is 18.2 Å². The summed E-state index contributed by atoms with van der Waals surface area (Å²) in [6.07, 6.45) is 2.15. The molecule has 19 heavy (non-hydrogen) atoms. The average Bonchev–Trinajstić information content (AvgIpc) is 2.44. The SMILES string of the molecule is Cc1c(Cl)cccc1NC(=S)N1CCCC(CO)C1. The highest BCUT2D eigenvalue weighted by atomic mass is 35.5. The summed E-state index contributed by atoms with van der Waals surface area (Å²) in [5, 5.41) is 14.0. The number of nitrogens with zero attached hydrogens (tertiary/aromatic N) is 1. The van der Waals surface area contributed by atoms with E-state index < -0.39 is 0 Å². The molecule has 1 fully saturated rings. The minimum Gasteiger partial charge on any atom is -0.396 e. The van der Waals surface area contributed by atoms with E-state index in [9.17, 15) is 5.11 Å². The van der Waals surface area contributed by atoms with Crippen molar-refractivity contribution < 1.29 is 5.11 Å². The highest BCUT2D eigenvalue weighted by molar-refractivity contribution is 7.80. The standard InChI is InChI=1S/C14H19ClN2OS/c1-10-12(15)5-2-6-13(10)16-14(19)17-7-3-4-11(8-17)9-18/h2,5-6,11,18H,3-4,7-9H2,1H3,(H,16,19). The van der Waals surface area contributed by atoms with Crippen LogP contribution in [0.1, 0.15) is 18.4 Å². The number of piperidine rings is 1. The fourth-order valence-corrected chi connectivity index (χ4v) is 2.79. The fourth-order valence-electron chi connectivity index (χ4n) is 2.34. The maximum absolute atomic E-state index is 9.25. The topological polar surface area (TPSA) is 35.5 Å². The molecule has 0 saturated carbocycles. The second-order valence-corrected chi connectivity index (χ2v) is 5.77. The summed E-state index contributed by atoms with van der Waals surface area (Å²) in [6, 6.07) is 5.75. The lowest BCUT2D eigenvalue weighted by Gasteiger charge is -2.34. The number of anilines is 1. The van der Waals surface area contributed by atoms with Crippen molar-refractivity contribution in [1.29, 1.82) is 0 Å². The van der Waals surface area contributed by atoms with E-state index in [1.807, 2.05) is 25.1 Å². The van der Waals surface area contributed by atoms with Crippen LogP contribution in [0.25, 0.3) is 0 Å². The van der Waals surface area contributed by atoms with E-state index in [0.29, 0.717) is 11.0 Å². The number of halogens is 1. The van der Waals surface area contributed by atoms with Crippen molar-refractivity contribution in [3.63, 3.8) is 0 Å². The Balaban J connectivity index is 2.02. The van der Waals surface area contributed by atoms with Gasteiger partial charge >= 0.3 is 0 Å². The van der Waals surface area contributed by atoms with Gasteiger partial charge in [-0.1, -0.05) is 17.7 Å². The van der Waals surface area contributed by atoms with Gasteiger partial charge in [-0.25, -0.2) is 0 Å². The van der Waals surface area contributed by atoms with Gasteiger partial charge in [0.15, 0.2) is 5.11 Å². The van der Waals surface area contributed by atoms with Gasteiger partial charge in [-0.05, 0) is 55.6 Å². The molecule has 1 saturated heterocycles. The summed E-state index contributed by atoms with van der Waals surface area (Å²) in [5.74, 6) is 0.328. The van der Waals surface area contributed by atoms with Crippen molar-refractivity contribution in [2.45, 2.75) is 19.8 Å². The van der Waals surface area contributed by atoms with Crippen molar-refractivity contribution in [2.75, 3.05) is 25.0 Å². The van der Waals surface area contributed by atoms with E-state index in [1.54, 1.807) is 0 Å². The summed E-state index contributed by atoms with van der Waals surface area (Å²) in [6.45, 7) is 3.97. The van der Waals surface area contributed by atoms with Crippen LogP contribution < -0.4 is 5.32 Å². The Bertz CT molecular complexity index is 467. The Morgan fingerprint density at radius 2 is 2.37 bits per heavy atom. The molecule has 1 heterocycles. The number of nitrogens with one attached hydrogen (secondary N) is 1. The smallest absolute Gasteiger partial charge is 0.173 e. The van der Waals surface area contributed by atoms with Gasteiger partial charge in [0, 0.05) is 30.4 Å². The van der Waals surface area contributed by atoms with E-state index in [-0.39, 0.29) is 6.61 Å². The number of hydrogen-bond donors (Lipinski definition) is 2. The lowest BCUT2D eigenvalue weighted by atomic mass is 9.99. The number of aliphatic hydroxyl groups is 1. The first kappa shape index (κ1) is 14.6. The highest BCUT2D eigenvalue weighted by Crippen LogP contribution is 2.24. The minimum atomic E-state index is 0.231. The molecular formula is C14H19ClN2OS. The van der Waals surface area contributed by atoms with Crippen molar-refractivity contribution in [3.05, 3.63) is 28.8 Å². The molecule has 1 aliphatic rings. The van der Waals surface area contributed by atoms with Crippen molar-refractivity contribution in [3.8, 4) is 0 Å². The number of aliphatic hydroxyl groups excluding tert-OH is 1. The van der Waals surface area contributed by atoms with Gasteiger partial charge in [0.25, 0.3) is 0 Å². The van der Waals surface area contributed by atoms with Crippen LogP contribution in [-0.4, -0.2) is 34.8 Å². The minimum absolute atomic E-state index is 0.231. The van der Waals surface area contributed by atoms with Gasteiger partial charge in [0.2, 0.25) is 0 Å². The van der Waals surface area contributed by atoms with Gasteiger partial charge in [-0.15, -0.1) is 0 Å². The molecule has 0 aromatic heterocycles. The summed E-state index contributed by atoms with van der Waals surface area (Å²) in [4.78, 5) is 2.13. The van der Waals surface area contributed by atoms with Crippen LogP contribution in [0.2, 0.25) is 5.02 Å². The first-order chi connectivity index (χ1) is 9.11. The van der Waals surface area contributed by atoms with E-state index in [4.69, 9.17) is 23.8 Å². The van der Waals surface area contributed by atoms with E-state index in [1.165, 1.54) is 0 Å². The number of benzene rings is 1. The Hall–Kier alpha value is -0.840. The van der Waals surface area contributed by atoms with Crippen molar-refractivity contribution in [1.82, 2.24) is 4.90 Å². The third kappa shape index (κ3) is 3.59. The molecule has 2 rings (SSSR count). The lowest BCUT2D eigenvalue weighted by Crippen LogP contribution is -2.43. The molecule has 1 aromatic carbocycles. The average molecular weight is 299 g/mol. The molecular weight excluding hydrogens is 280 g/mol. The molecule has 1 aromatic rings. The molecule has 0 aliphatic carbocycles. The van der Waals surface area contributed by atoms with Gasteiger partial charge in [0.05, 0.1) is 0 Å². The van der Waals surface area contributed by atoms with Crippen molar-refractivity contribution in [2.24, 2.45) is 5.92 Å². The second kappa shape index (κ2) is 6.55. The lowest BCUT2D eigenvalue weighted by molar-refractivity contribution is 0.162. The predicted molar refractivity (Wildman–Crippen MR) is 83.8 cm³/mol. The molecule has 0 spiro atoms. The molecule has 5 heteroatoms. The number of thiocarbonyl (C=S) groups is 1. The maximum atomic E-state index is 9.25. The van der Waals surface area contributed by atoms with E-state index in [0.717, 1.165) is 42.2 Å². The summed E-state index contributed by atoms with van der Waals surface area (Å²) < 4.78 is 0. The first-order valence-electron chi connectivity index (χ1n) is 6.53. The van der Waals surface area contributed by atoms with Gasteiger partial charge in [-0.2, -0.15) is 0 Å². The van der Waals surface area contributed by atoms with E-state index in [2.05, 4.69) is 10.2 Å². The molecule has 1 atom stereocenters. The summed E-state index contributed by atoms with van der Waals surface area (Å²) >= 11 is 11.5. The zero-order valence-corrected chi connectivity index (χ0v) is 12.6. The molecule has 0 amide bonds. The third-order valence-corrected chi connectivity index (χ3v) is 4.34. The Kier molecular flexibility index (Phi) is 5.02. The molecule has 104 valence electrons. The quantitative estimate of drug-likeness (QED) is 0.823. The largest absolute Gasteiger partial charge is 0.396 e. The van der Waals surface area contributed by atoms with Crippen LogP contribution in [0.3, 0.4) is 0 Å². The molecule has 0 bridgehead atoms. The van der Waals surface area contributed by atoms with Crippen LogP contribution >= 0.6 is 23.8 Å². The zero-order valence-electron chi connectivity index (χ0n) is 11.0. The van der Waals surface area contributed by atoms with Crippen LogP contribution in [0, 0.1) is 12.8 Å². The predicted octanol–water partition coefficient (Wildman–Crippen LogP) is 3.05. The number of rotatable bonds is 2. The fraction of sp³-hybridized carbons (Fsp3) is 0.500. The van der Waals surface area contributed by atoms with Gasteiger partial charge < -0.3 is 15.3 Å². The van der Waals surface area contributed by atoms with Gasteiger partial charge in [-0.3, -0.25) is 0 Å². The number of likely N-dealkylation sites (tertiary alicyclic amines) is 1. The Labute approximate surface area is 124 Å². The van der Waals surface area contributed by atoms with Crippen LogP contribution in [0.4, 0.5) is 5.69 Å². The normalized spacial score (nSPS) is 19.3. The van der Waals surface area contributed by atoms with Gasteiger partial charge in [0.1, 0.15) is 0 Å². The second-order valence-electron chi connectivity index (χ2n) is 4.98. The molecule has 0 radical (unpaired) electrons. The maximum Gasteiger partial charge on any atom is 0.173 e. The highest BCUT2D eigenvalue weighted by Gasteiger charge is 2.21. The molecule has 1 unspecified atom stereocenters. The Morgan fingerprint density at radius 1 is 1.58 bits per heavy atom. The van der Waals surface area contributed by atoms with Crippen molar-refractivity contribution >= 4 is 34.6 Å².